The number of cyclic esters (lactones) is 1. The number of esters is 1. The van der Waals surface area contributed by atoms with Crippen LogP contribution in [0, 0.1) is 0 Å². The predicted octanol–water partition coefficient (Wildman–Crippen LogP) is 1.25. The third-order valence-electron chi connectivity index (χ3n) is 1.54. The minimum absolute atomic E-state index is 0.0255. The maximum Gasteiger partial charge on any atom is 0.370 e. The summed E-state index contributed by atoms with van der Waals surface area (Å²) in [4.78, 5) is 19.8. The molecular weight excluding hydrogens is 188 g/mol. The smallest absolute Gasteiger partial charge is 0.370 e. The molecule has 0 aliphatic carbocycles. The monoisotopic (exact) mass is 202 g/mol. The van der Waals surface area contributed by atoms with Crippen LogP contribution in [0.5, 0.6) is 0 Å². The molecular formula is C9H14O5. The van der Waals surface area contributed by atoms with Crippen LogP contribution >= 0.6 is 0 Å². The van der Waals surface area contributed by atoms with E-state index in [4.69, 9.17) is 14.9 Å². The van der Waals surface area contributed by atoms with Gasteiger partial charge in [-0.05, 0) is 25.8 Å². The van der Waals surface area contributed by atoms with Gasteiger partial charge in [-0.25, -0.2) is 4.79 Å². The van der Waals surface area contributed by atoms with E-state index in [2.05, 4.69) is 6.58 Å². The molecule has 0 aromatic rings. The molecule has 2 N–H and O–H groups in total. The molecule has 80 valence electrons. The Morgan fingerprint density at radius 2 is 1.86 bits per heavy atom. The van der Waals surface area contributed by atoms with Gasteiger partial charge in [-0.15, -0.1) is 0 Å². The topological polar surface area (TPSA) is 83.8 Å². The van der Waals surface area contributed by atoms with Crippen molar-refractivity contribution in [2.24, 2.45) is 0 Å². The highest BCUT2D eigenvalue weighted by Gasteiger charge is 2.05. The lowest BCUT2D eigenvalue weighted by molar-refractivity contribution is -0.142. The Bertz CT molecular complexity index is 199. The van der Waals surface area contributed by atoms with Crippen LogP contribution < -0.4 is 0 Å². The van der Waals surface area contributed by atoms with Crippen molar-refractivity contribution in [2.45, 2.75) is 25.7 Å². The molecule has 5 nitrogen and oxygen atoms in total. The van der Waals surface area contributed by atoms with Crippen molar-refractivity contribution in [1.82, 2.24) is 0 Å². The molecule has 1 aliphatic heterocycles. The van der Waals surface area contributed by atoms with Crippen LogP contribution in [0.4, 0.5) is 0 Å². The minimum atomic E-state index is -1.38. The van der Waals surface area contributed by atoms with Crippen LogP contribution in [0.25, 0.3) is 0 Å². The van der Waals surface area contributed by atoms with Crippen LogP contribution in [0.2, 0.25) is 0 Å². The number of aliphatic carboxylic acids is 1. The second-order valence-corrected chi connectivity index (χ2v) is 2.78. The fraction of sp³-hybridized carbons (Fsp3) is 0.556. The standard InChI is InChI=1S/C6H10O2.C3H4O3/c7-6-4-2-1-3-5-8-6;1-2(4)3(5)6/h1-5H2;4H,1H2,(H,5,6). The van der Waals surface area contributed by atoms with Gasteiger partial charge < -0.3 is 14.9 Å². The second-order valence-electron chi connectivity index (χ2n) is 2.78. The number of carbonyl (C=O) groups is 2. The SMILES string of the molecule is C=C(O)C(=O)O.O=C1CCCCCO1. The Balaban J connectivity index is 0.000000255. The van der Waals surface area contributed by atoms with Crippen LogP contribution in [0.15, 0.2) is 12.3 Å². The average Bonchev–Trinajstić information content (AvgIpc) is 2.33. The molecule has 1 heterocycles. The lowest BCUT2D eigenvalue weighted by Gasteiger charge is -1.93. The van der Waals surface area contributed by atoms with E-state index in [1.807, 2.05) is 0 Å². The number of ether oxygens (including phenoxy) is 1. The zero-order chi connectivity index (χ0) is 11.0. The van der Waals surface area contributed by atoms with Gasteiger partial charge in [0.2, 0.25) is 0 Å². The van der Waals surface area contributed by atoms with Crippen molar-refractivity contribution in [3.05, 3.63) is 12.3 Å². The molecule has 1 fully saturated rings. The highest BCUT2D eigenvalue weighted by molar-refractivity contribution is 5.82. The first-order valence-corrected chi connectivity index (χ1v) is 4.31. The van der Waals surface area contributed by atoms with Gasteiger partial charge in [-0.1, -0.05) is 0 Å². The van der Waals surface area contributed by atoms with Gasteiger partial charge in [0.25, 0.3) is 0 Å². The van der Waals surface area contributed by atoms with Gasteiger partial charge in [-0.2, -0.15) is 0 Å². The van der Waals surface area contributed by atoms with Crippen molar-refractivity contribution in [3.8, 4) is 0 Å². The van der Waals surface area contributed by atoms with E-state index < -0.39 is 11.7 Å². The first-order valence-electron chi connectivity index (χ1n) is 4.31. The second kappa shape index (κ2) is 6.94. The summed E-state index contributed by atoms with van der Waals surface area (Å²) < 4.78 is 4.76. The molecule has 0 amide bonds. The maximum atomic E-state index is 10.5. The summed E-state index contributed by atoms with van der Waals surface area (Å²) >= 11 is 0. The van der Waals surface area contributed by atoms with Crippen LogP contribution in [0.1, 0.15) is 25.7 Å². The number of rotatable bonds is 1. The summed E-state index contributed by atoms with van der Waals surface area (Å²) in [7, 11) is 0. The highest BCUT2D eigenvalue weighted by atomic mass is 16.5. The van der Waals surface area contributed by atoms with Crippen LogP contribution in [-0.4, -0.2) is 28.8 Å². The van der Waals surface area contributed by atoms with Gasteiger partial charge in [0, 0.05) is 6.42 Å². The molecule has 1 rings (SSSR count). The Kier molecular flexibility index (Phi) is 6.19. The molecule has 0 saturated carbocycles. The first-order chi connectivity index (χ1) is 6.54. The number of carbonyl (C=O) groups excluding carboxylic acids is 1. The summed E-state index contributed by atoms with van der Waals surface area (Å²) in [5.41, 5.74) is 0. The number of hydrogen-bond acceptors (Lipinski definition) is 4. The molecule has 0 unspecified atom stereocenters. The van der Waals surface area contributed by atoms with Crippen molar-refractivity contribution in [2.75, 3.05) is 6.61 Å². The van der Waals surface area contributed by atoms with Gasteiger partial charge in [-0.3, -0.25) is 4.79 Å². The molecule has 0 bridgehead atoms. The molecule has 14 heavy (non-hydrogen) atoms. The molecule has 0 radical (unpaired) electrons. The van der Waals surface area contributed by atoms with E-state index in [0.29, 0.717) is 13.0 Å². The van der Waals surface area contributed by atoms with Crippen molar-refractivity contribution >= 4 is 11.9 Å². The van der Waals surface area contributed by atoms with Gasteiger partial charge in [0.1, 0.15) is 0 Å². The number of aliphatic hydroxyl groups is 1. The predicted molar refractivity (Wildman–Crippen MR) is 48.8 cm³/mol. The molecule has 0 aromatic heterocycles. The van der Waals surface area contributed by atoms with Crippen molar-refractivity contribution in [1.29, 1.82) is 0 Å². The summed E-state index contributed by atoms with van der Waals surface area (Å²) in [5.74, 6) is -2.23. The molecule has 0 spiro atoms. The lowest BCUT2D eigenvalue weighted by atomic mass is 10.2. The number of hydrogen-bond donors (Lipinski definition) is 2. The third-order valence-corrected chi connectivity index (χ3v) is 1.54. The zero-order valence-electron chi connectivity index (χ0n) is 7.86. The minimum Gasteiger partial charge on any atom is -0.502 e. The number of aliphatic hydroxyl groups excluding tert-OH is 1. The summed E-state index contributed by atoms with van der Waals surface area (Å²) in [6, 6.07) is 0. The van der Waals surface area contributed by atoms with Crippen LogP contribution in [0.3, 0.4) is 0 Å². The fourth-order valence-electron chi connectivity index (χ4n) is 0.806. The molecule has 5 heteroatoms. The summed E-state index contributed by atoms with van der Waals surface area (Å²) in [5, 5.41) is 15.5. The Hall–Kier alpha value is -1.52. The highest BCUT2D eigenvalue weighted by Crippen LogP contribution is 2.06. The van der Waals surface area contributed by atoms with Gasteiger partial charge in [0.05, 0.1) is 6.61 Å². The first kappa shape index (κ1) is 12.5. The largest absolute Gasteiger partial charge is 0.502 e. The van der Waals surface area contributed by atoms with E-state index in [-0.39, 0.29) is 5.97 Å². The van der Waals surface area contributed by atoms with Crippen LogP contribution in [-0.2, 0) is 14.3 Å². The number of carboxylic acid groups (broad SMARTS) is 1. The average molecular weight is 202 g/mol. The fourth-order valence-corrected chi connectivity index (χ4v) is 0.806. The maximum absolute atomic E-state index is 10.5. The quantitative estimate of drug-likeness (QED) is 0.379. The summed E-state index contributed by atoms with van der Waals surface area (Å²) in [6.45, 7) is 3.35. The van der Waals surface area contributed by atoms with Crippen molar-refractivity contribution < 1.29 is 24.5 Å². The Morgan fingerprint density at radius 1 is 1.29 bits per heavy atom. The van der Waals surface area contributed by atoms with E-state index in [1.165, 1.54) is 0 Å². The molecule has 1 aliphatic rings. The Morgan fingerprint density at radius 3 is 2.36 bits per heavy atom. The van der Waals surface area contributed by atoms with Crippen molar-refractivity contribution in [3.63, 3.8) is 0 Å². The summed E-state index contributed by atoms with van der Waals surface area (Å²) in [6.07, 6.45) is 3.83. The third kappa shape index (κ3) is 7.15. The Labute approximate surface area is 82.0 Å². The zero-order valence-corrected chi connectivity index (χ0v) is 7.86. The van der Waals surface area contributed by atoms with Gasteiger partial charge >= 0.3 is 11.9 Å². The molecule has 0 atom stereocenters. The molecule has 1 saturated heterocycles. The van der Waals surface area contributed by atoms with E-state index in [1.54, 1.807) is 0 Å². The van der Waals surface area contributed by atoms with E-state index in [9.17, 15) is 9.59 Å². The van der Waals surface area contributed by atoms with Gasteiger partial charge in [0.15, 0.2) is 5.76 Å². The molecule has 0 aromatic carbocycles. The lowest BCUT2D eigenvalue weighted by Crippen LogP contribution is -2.00. The van der Waals surface area contributed by atoms with E-state index >= 15 is 0 Å². The number of carboxylic acids is 1. The van der Waals surface area contributed by atoms with E-state index in [0.717, 1.165) is 19.3 Å². The normalized spacial score (nSPS) is 15.6.